The standard InChI is InChI=1S/C10H18N4/c1-3-10(5-4-6-11-7-10)9-12-8(2)13-14-9/h11H,3-7H2,1-2H3,(H,12,13,14). The largest absolute Gasteiger partial charge is 0.316 e. The molecule has 1 aromatic heterocycles. The van der Waals surface area contributed by atoms with E-state index in [0.29, 0.717) is 0 Å². The van der Waals surface area contributed by atoms with Crippen LogP contribution in [0.25, 0.3) is 0 Å². The van der Waals surface area contributed by atoms with Gasteiger partial charge in [-0.25, -0.2) is 4.98 Å². The lowest BCUT2D eigenvalue weighted by molar-refractivity contribution is 0.288. The summed E-state index contributed by atoms with van der Waals surface area (Å²) in [7, 11) is 0. The van der Waals surface area contributed by atoms with E-state index in [4.69, 9.17) is 0 Å². The third-order valence-electron chi connectivity index (χ3n) is 3.22. The monoisotopic (exact) mass is 194 g/mol. The quantitative estimate of drug-likeness (QED) is 0.742. The molecule has 0 amide bonds. The Kier molecular flexibility index (Phi) is 2.54. The topological polar surface area (TPSA) is 53.6 Å². The Bertz CT molecular complexity index is 299. The van der Waals surface area contributed by atoms with Gasteiger partial charge in [0, 0.05) is 12.0 Å². The molecule has 1 aliphatic heterocycles. The fraction of sp³-hybridized carbons (Fsp3) is 0.800. The molecule has 0 saturated carbocycles. The van der Waals surface area contributed by atoms with Gasteiger partial charge in [0.15, 0.2) is 5.82 Å². The fourth-order valence-electron chi connectivity index (χ4n) is 2.20. The highest BCUT2D eigenvalue weighted by Gasteiger charge is 2.35. The fourth-order valence-corrected chi connectivity index (χ4v) is 2.20. The van der Waals surface area contributed by atoms with Crippen LogP contribution in [0.15, 0.2) is 0 Å². The van der Waals surface area contributed by atoms with Crippen molar-refractivity contribution in [1.29, 1.82) is 0 Å². The van der Waals surface area contributed by atoms with E-state index in [0.717, 1.165) is 31.2 Å². The molecule has 4 nitrogen and oxygen atoms in total. The lowest BCUT2D eigenvalue weighted by Crippen LogP contribution is -2.43. The van der Waals surface area contributed by atoms with Crippen LogP contribution in [0.1, 0.15) is 37.8 Å². The predicted octanol–water partition coefficient (Wildman–Crippen LogP) is 1.14. The Labute approximate surface area is 84.5 Å². The molecule has 14 heavy (non-hydrogen) atoms. The van der Waals surface area contributed by atoms with Crippen LogP contribution < -0.4 is 5.32 Å². The number of nitrogens with zero attached hydrogens (tertiary/aromatic N) is 2. The summed E-state index contributed by atoms with van der Waals surface area (Å²) in [4.78, 5) is 4.47. The van der Waals surface area contributed by atoms with Gasteiger partial charge in [0.1, 0.15) is 5.82 Å². The highest BCUT2D eigenvalue weighted by molar-refractivity contribution is 5.10. The molecule has 1 aliphatic rings. The van der Waals surface area contributed by atoms with E-state index >= 15 is 0 Å². The van der Waals surface area contributed by atoms with Gasteiger partial charge >= 0.3 is 0 Å². The van der Waals surface area contributed by atoms with Gasteiger partial charge in [0.2, 0.25) is 0 Å². The number of aromatic amines is 1. The number of rotatable bonds is 2. The van der Waals surface area contributed by atoms with Crippen molar-refractivity contribution < 1.29 is 0 Å². The Morgan fingerprint density at radius 3 is 2.86 bits per heavy atom. The van der Waals surface area contributed by atoms with E-state index in [2.05, 4.69) is 27.4 Å². The van der Waals surface area contributed by atoms with Crippen LogP contribution in [0.4, 0.5) is 0 Å². The molecule has 1 saturated heterocycles. The molecule has 2 rings (SSSR count). The maximum Gasteiger partial charge on any atom is 0.158 e. The molecular weight excluding hydrogens is 176 g/mol. The maximum absolute atomic E-state index is 4.47. The third kappa shape index (κ3) is 1.54. The van der Waals surface area contributed by atoms with Crippen molar-refractivity contribution in [1.82, 2.24) is 20.5 Å². The minimum absolute atomic E-state index is 0.170. The molecule has 2 heterocycles. The van der Waals surface area contributed by atoms with Crippen LogP contribution in [0.5, 0.6) is 0 Å². The van der Waals surface area contributed by atoms with E-state index in [-0.39, 0.29) is 5.41 Å². The van der Waals surface area contributed by atoms with Gasteiger partial charge in [0.25, 0.3) is 0 Å². The second-order valence-electron chi connectivity index (χ2n) is 4.16. The number of H-pyrrole nitrogens is 1. The summed E-state index contributed by atoms with van der Waals surface area (Å²) in [5.74, 6) is 1.91. The minimum atomic E-state index is 0.170. The van der Waals surface area contributed by atoms with Gasteiger partial charge in [0.05, 0.1) is 0 Å². The molecule has 2 N–H and O–H groups in total. The summed E-state index contributed by atoms with van der Waals surface area (Å²) in [6.07, 6.45) is 3.53. The molecule has 0 radical (unpaired) electrons. The number of aromatic nitrogens is 3. The van der Waals surface area contributed by atoms with Crippen LogP contribution in [0, 0.1) is 6.92 Å². The summed E-state index contributed by atoms with van der Waals surface area (Å²) < 4.78 is 0. The number of hydrogen-bond acceptors (Lipinski definition) is 3. The highest BCUT2D eigenvalue weighted by Crippen LogP contribution is 2.31. The Morgan fingerprint density at radius 2 is 2.36 bits per heavy atom. The lowest BCUT2D eigenvalue weighted by Gasteiger charge is -2.34. The number of nitrogens with one attached hydrogen (secondary N) is 2. The average Bonchev–Trinajstić information content (AvgIpc) is 2.66. The molecule has 4 heteroatoms. The van der Waals surface area contributed by atoms with Crippen molar-refractivity contribution in [3.8, 4) is 0 Å². The molecule has 78 valence electrons. The first-order chi connectivity index (χ1) is 6.77. The number of aryl methyl sites for hydroxylation is 1. The second kappa shape index (κ2) is 3.69. The SMILES string of the molecule is CCC1(c2n[nH]c(C)n2)CCCNC1. The van der Waals surface area contributed by atoms with Crippen molar-refractivity contribution in [3.63, 3.8) is 0 Å². The summed E-state index contributed by atoms with van der Waals surface area (Å²) in [6, 6.07) is 0. The molecule has 0 aromatic carbocycles. The van der Waals surface area contributed by atoms with Gasteiger partial charge in [-0.05, 0) is 32.7 Å². The smallest absolute Gasteiger partial charge is 0.158 e. The summed E-state index contributed by atoms with van der Waals surface area (Å²) in [5, 5.41) is 10.7. The van der Waals surface area contributed by atoms with Crippen LogP contribution in [-0.4, -0.2) is 28.3 Å². The first-order valence-corrected chi connectivity index (χ1v) is 5.37. The molecule has 0 aliphatic carbocycles. The molecular formula is C10H18N4. The number of hydrogen-bond donors (Lipinski definition) is 2. The first-order valence-electron chi connectivity index (χ1n) is 5.37. The molecule has 1 fully saturated rings. The van der Waals surface area contributed by atoms with Gasteiger partial charge in [-0.2, -0.15) is 5.10 Å². The van der Waals surface area contributed by atoms with Gasteiger partial charge in [-0.3, -0.25) is 5.10 Å². The number of piperidine rings is 1. The van der Waals surface area contributed by atoms with Crippen LogP contribution in [0.3, 0.4) is 0 Å². The van der Waals surface area contributed by atoms with Crippen molar-refractivity contribution in [2.75, 3.05) is 13.1 Å². The molecule has 1 aromatic rings. The van der Waals surface area contributed by atoms with Crippen LogP contribution in [0.2, 0.25) is 0 Å². The Hall–Kier alpha value is -0.900. The first kappa shape index (κ1) is 9.65. The van der Waals surface area contributed by atoms with E-state index in [9.17, 15) is 0 Å². The Morgan fingerprint density at radius 1 is 1.50 bits per heavy atom. The highest BCUT2D eigenvalue weighted by atomic mass is 15.2. The van der Waals surface area contributed by atoms with Crippen molar-refractivity contribution in [3.05, 3.63) is 11.6 Å². The van der Waals surface area contributed by atoms with Crippen LogP contribution in [-0.2, 0) is 5.41 Å². The molecule has 0 spiro atoms. The average molecular weight is 194 g/mol. The zero-order valence-electron chi connectivity index (χ0n) is 8.93. The zero-order chi connectivity index (χ0) is 10.0. The lowest BCUT2D eigenvalue weighted by atomic mass is 9.78. The van der Waals surface area contributed by atoms with Crippen LogP contribution >= 0.6 is 0 Å². The van der Waals surface area contributed by atoms with Crippen molar-refractivity contribution >= 4 is 0 Å². The van der Waals surface area contributed by atoms with Gasteiger partial charge in [-0.1, -0.05) is 6.92 Å². The van der Waals surface area contributed by atoms with E-state index in [1.165, 1.54) is 12.8 Å². The Balaban J connectivity index is 2.26. The van der Waals surface area contributed by atoms with Crippen molar-refractivity contribution in [2.45, 2.75) is 38.5 Å². The third-order valence-corrected chi connectivity index (χ3v) is 3.22. The summed E-state index contributed by atoms with van der Waals surface area (Å²) in [6.45, 7) is 6.32. The van der Waals surface area contributed by atoms with E-state index in [1.54, 1.807) is 0 Å². The zero-order valence-corrected chi connectivity index (χ0v) is 8.93. The van der Waals surface area contributed by atoms with Gasteiger partial charge < -0.3 is 5.32 Å². The summed E-state index contributed by atoms with van der Waals surface area (Å²) >= 11 is 0. The summed E-state index contributed by atoms with van der Waals surface area (Å²) in [5.41, 5.74) is 0.170. The van der Waals surface area contributed by atoms with E-state index < -0.39 is 0 Å². The minimum Gasteiger partial charge on any atom is -0.316 e. The maximum atomic E-state index is 4.47. The van der Waals surface area contributed by atoms with E-state index in [1.807, 2.05) is 6.92 Å². The van der Waals surface area contributed by atoms with Crippen molar-refractivity contribution in [2.24, 2.45) is 0 Å². The normalized spacial score (nSPS) is 27.9. The molecule has 0 bridgehead atoms. The molecule has 1 unspecified atom stereocenters. The van der Waals surface area contributed by atoms with Gasteiger partial charge in [-0.15, -0.1) is 0 Å². The second-order valence-corrected chi connectivity index (χ2v) is 4.16. The molecule has 1 atom stereocenters. The predicted molar refractivity (Wildman–Crippen MR) is 55.2 cm³/mol.